The van der Waals surface area contributed by atoms with Gasteiger partial charge in [0, 0.05) is 18.9 Å². The zero-order valence-electron chi connectivity index (χ0n) is 12.9. The maximum absolute atomic E-state index is 12.0. The molecule has 1 aliphatic carbocycles. The molecule has 0 saturated heterocycles. The van der Waals surface area contributed by atoms with Gasteiger partial charge in [-0.1, -0.05) is 20.3 Å². The molecule has 0 spiro atoms. The SMILES string of the molecule is CCC(CCNC(=O)C1CCC(C)CC1)CCC(=O)O. The highest BCUT2D eigenvalue weighted by Gasteiger charge is 2.24. The summed E-state index contributed by atoms with van der Waals surface area (Å²) in [5.74, 6) is 0.830. The van der Waals surface area contributed by atoms with Crippen molar-refractivity contribution in [1.82, 2.24) is 5.32 Å². The highest BCUT2D eigenvalue weighted by atomic mass is 16.4. The van der Waals surface area contributed by atoms with Crippen molar-refractivity contribution in [3.05, 3.63) is 0 Å². The number of carboxylic acids is 1. The van der Waals surface area contributed by atoms with Crippen LogP contribution in [-0.4, -0.2) is 23.5 Å². The maximum Gasteiger partial charge on any atom is 0.303 e. The number of carbonyl (C=O) groups is 2. The lowest BCUT2D eigenvalue weighted by atomic mass is 9.82. The first-order valence-corrected chi connectivity index (χ1v) is 8.02. The highest BCUT2D eigenvalue weighted by molar-refractivity contribution is 5.78. The van der Waals surface area contributed by atoms with E-state index in [-0.39, 0.29) is 18.2 Å². The van der Waals surface area contributed by atoms with Gasteiger partial charge < -0.3 is 10.4 Å². The number of aliphatic carboxylic acids is 1. The molecule has 1 fully saturated rings. The molecule has 4 nitrogen and oxygen atoms in total. The van der Waals surface area contributed by atoms with Gasteiger partial charge in [0.15, 0.2) is 0 Å². The fourth-order valence-corrected chi connectivity index (χ4v) is 2.95. The normalized spacial score (nSPS) is 24.1. The maximum atomic E-state index is 12.0. The standard InChI is InChI=1S/C16H29NO3/c1-3-13(6-9-15(18)19)10-11-17-16(20)14-7-4-12(2)5-8-14/h12-14H,3-11H2,1-2H3,(H,17,20)(H,18,19). The largest absolute Gasteiger partial charge is 0.481 e. The molecule has 0 aromatic carbocycles. The van der Waals surface area contributed by atoms with Crippen molar-refractivity contribution in [3.63, 3.8) is 0 Å². The third kappa shape index (κ3) is 6.40. The van der Waals surface area contributed by atoms with Crippen molar-refractivity contribution < 1.29 is 14.7 Å². The Morgan fingerprint density at radius 1 is 1.20 bits per heavy atom. The second-order valence-corrected chi connectivity index (χ2v) is 6.24. The molecule has 0 bridgehead atoms. The van der Waals surface area contributed by atoms with Crippen LogP contribution in [0, 0.1) is 17.8 Å². The Morgan fingerprint density at radius 2 is 1.85 bits per heavy atom. The lowest BCUT2D eigenvalue weighted by molar-refractivity contribution is -0.137. The Morgan fingerprint density at radius 3 is 2.40 bits per heavy atom. The lowest BCUT2D eigenvalue weighted by Crippen LogP contribution is -2.34. The predicted octanol–water partition coefficient (Wildman–Crippen LogP) is 3.21. The van der Waals surface area contributed by atoms with Gasteiger partial charge in [0.2, 0.25) is 5.91 Å². The molecule has 1 saturated carbocycles. The minimum Gasteiger partial charge on any atom is -0.481 e. The van der Waals surface area contributed by atoms with Gasteiger partial charge in [-0.3, -0.25) is 9.59 Å². The number of nitrogens with one attached hydrogen (secondary N) is 1. The third-order valence-corrected chi connectivity index (χ3v) is 4.58. The number of hydrogen-bond acceptors (Lipinski definition) is 2. The van der Waals surface area contributed by atoms with Crippen molar-refractivity contribution >= 4 is 11.9 Å². The van der Waals surface area contributed by atoms with Gasteiger partial charge in [-0.25, -0.2) is 0 Å². The molecule has 0 radical (unpaired) electrons. The molecule has 0 aromatic heterocycles. The first-order chi connectivity index (χ1) is 9.52. The molecular weight excluding hydrogens is 254 g/mol. The van der Waals surface area contributed by atoms with Gasteiger partial charge >= 0.3 is 5.97 Å². The summed E-state index contributed by atoms with van der Waals surface area (Å²) in [6, 6.07) is 0. The minimum absolute atomic E-state index is 0.199. The van der Waals surface area contributed by atoms with Crippen molar-refractivity contribution in [2.75, 3.05) is 6.54 Å². The zero-order valence-corrected chi connectivity index (χ0v) is 12.9. The molecule has 0 aromatic rings. The van der Waals surface area contributed by atoms with Crippen molar-refractivity contribution in [3.8, 4) is 0 Å². The van der Waals surface area contributed by atoms with E-state index in [1.807, 2.05) is 0 Å². The third-order valence-electron chi connectivity index (χ3n) is 4.58. The molecule has 1 unspecified atom stereocenters. The molecule has 0 heterocycles. The minimum atomic E-state index is -0.733. The Kier molecular flexibility index (Phi) is 7.63. The van der Waals surface area contributed by atoms with Gasteiger partial charge in [0.05, 0.1) is 0 Å². The molecule has 20 heavy (non-hydrogen) atoms. The molecule has 1 amide bonds. The summed E-state index contributed by atoms with van der Waals surface area (Å²) < 4.78 is 0. The van der Waals surface area contributed by atoms with Crippen LogP contribution < -0.4 is 5.32 Å². The summed E-state index contributed by atoms with van der Waals surface area (Å²) in [6.45, 7) is 5.02. The van der Waals surface area contributed by atoms with Crippen LogP contribution in [0.25, 0.3) is 0 Å². The molecule has 1 rings (SSSR count). The summed E-state index contributed by atoms with van der Waals surface area (Å²) in [6.07, 6.45) is 7.16. The Balaban J connectivity index is 2.18. The monoisotopic (exact) mass is 283 g/mol. The van der Waals surface area contributed by atoms with Crippen molar-refractivity contribution in [1.29, 1.82) is 0 Å². The van der Waals surface area contributed by atoms with Gasteiger partial charge in [-0.2, -0.15) is 0 Å². The fourth-order valence-electron chi connectivity index (χ4n) is 2.95. The molecule has 1 atom stereocenters. The number of rotatable bonds is 8. The average Bonchev–Trinajstić information content (AvgIpc) is 2.42. The first kappa shape index (κ1) is 17.0. The first-order valence-electron chi connectivity index (χ1n) is 8.02. The van der Waals surface area contributed by atoms with Crippen LogP contribution in [0.3, 0.4) is 0 Å². The van der Waals surface area contributed by atoms with Crippen molar-refractivity contribution in [2.24, 2.45) is 17.8 Å². The summed E-state index contributed by atoms with van der Waals surface area (Å²) in [4.78, 5) is 22.6. The van der Waals surface area contributed by atoms with E-state index < -0.39 is 5.97 Å². The predicted molar refractivity (Wildman–Crippen MR) is 79.4 cm³/mol. The summed E-state index contributed by atoms with van der Waals surface area (Å²) >= 11 is 0. The van der Waals surface area contributed by atoms with Crippen LogP contribution in [0.15, 0.2) is 0 Å². The van der Waals surface area contributed by atoms with Crippen LogP contribution in [0.4, 0.5) is 0 Å². The lowest BCUT2D eigenvalue weighted by Gasteiger charge is -2.25. The van der Waals surface area contributed by atoms with E-state index in [2.05, 4.69) is 19.2 Å². The highest BCUT2D eigenvalue weighted by Crippen LogP contribution is 2.28. The zero-order chi connectivity index (χ0) is 15.0. The molecule has 116 valence electrons. The second kappa shape index (κ2) is 8.98. The van der Waals surface area contributed by atoms with Crippen LogP contribution >= 0.6 is 0 Å². The smallest absolute Gasteiger partial charge is 0.303 e. The van der Waals surface area contributed by atoms with Gasteiger partial charge in [0.25, 0.3) is 0 Å². The number of amides is 1. The molecule has 4 heteroatoms. The van der Waals surface area contributed by atoms with E-state index >= 15 is 0 Å². The van der Waals surface area contributed by atoms with E-state index in [4.69, 9.17) is 5.11 Å². The summed E-state index contributed by atoms with van der Waals surface area (Å²) in [7, 11) is 0. The summed E-state index contributed by atoms with van der Waals surface area (Å²) in [5.41, 5.74) is 0. The van der Waals surface area contributed by atoms with Crippen LogP contribution in [-0.2, 0) is 9.59 Å². The second-order valence-electron chi connectivity index (χ2n) is 6.24. The van der Waals surface area contributed by atoms with Crippen LogP contribution in [0.2, 0.25) is 0 Å². The van der Waals surface area contributed by atoms with Crippen molar-refractivity contribution in [2.45, 2.75) is 65.2 Å². The number of hydrogen-bond donors (Lipinski definition) is 2. The van der Waals surface area contributed by atoms with Gasteiger partial charge in [-0.15, -0.1) is 0 Å². The Labute approximate surface area is 122 Å². The molecule has 0 aliphatic heterocycles. The number of carbonyl (C=O) groups excluding carboxylic acids is 1. The molecule has 1 aliphatic rings. The fraction of sp³-hybridized carbons (Fsp3) is 0.875. The quantitative estimate of drug-likeness (QED) is 0.719. The van der Waals surface area contributed by atoms with Gasteiger partial charge in [-0.05, 0) is 50.4 Å². The Hall–Kier alpha value is -1.06. The van der Waals surface area contributed by atoms with E-state index in [9.17, 15) is 9.59 Å². The van der Waals surface area contributed by atoms with E-state index in [0.717, 1.165) is 44.4 Å². The van der Waals surface area contributed by atoms with E-state index in [1.54, 1.807) is 0 Å². The van der Waals surface area contributed by atoms with E-state index in [0.29, 0.717) is 18.9 Å². The van der Waals surface area contributed by atoms with Crippen LogP contribution in [0.1, 0.15) is 65.2 Å². The summed E-state index contributed by atoms with van der Waals surface area (Å²) in [5, 5.41) is 11.7. The topological polar surface area (TPSA) is 66.4 Å². The molecule has 2 N–H and O–H groups in total. The Bertz CT molecular complexity index is 309. The average molecular weight is 283 g/mol. The van der Waals surface area contributed by atoms with E-state index in [1.165, 1.54) is 0 Å². The molecular formula is C16H29NO3. The number of carboxylic acid groups (broad SMARTS) is 1. The van der Waals surface area contributed by atoms with Crippen LogP contribution in [0.5, 0.6) is 0 Å². The van der Waals surface area contributed by atoms with Gasteiger partial charge in [0.1, 0.15) is 0 Å².